The van der Waals surface area contributed by atoms with Crippen LogP contribution in [-0.4, -0.2) is 48.8 Å². The van der Waals surface area contributed by atoms with Crippen LogP contribution in [0.2, 0.25) is 0 Å². The third-order valence-corrected chi connectivity index (χ3v) is 1.89. The lowest BCUT2D eigenvalue weighted by molar-refractivity contribution is -0.126. The van der Waals surface area contributed by atoms with Crippen molar-refractivity contribution in [2.45, 2.75) is 13.3 Å². The average Bonchev–Trinajstić information content (AvgIpc) is 2.10. The molecule has 0 saturated carbocycles. The second-order valence-electron chi connectivity index (χ2n) is 3.19. The van der Waals surface area contributed by atoms with Crippen LogP contribution in [0.1, 0.15) is 13.3 Å². The molecule has 0 aromatic heterocycles. The normalized spacial score (nSPS) is 12.9. The standard InChI is InChI=1S/C9H17NO3/c1-8(13)9(7-12)6-10(2)4-3-5-11/h7,9,11H,3-6H2,1-2H3. The number of nitrogens with zero attached hydrogens (tertiary/aromatic N) is 1. The second-order valence-corrected chi connectivity index (χ2v) is 3.19. The van der Waals surface area contributed by atoms with Gasteiger partial charge in [0, 0.05) is 19.7 Å². The van der Waals surface area contributed by atoms with Gasteiger partial charge in [-0.1, -0.05) is 0 Å². The van der Waals surface area contributed by atoms with E-state index in [9.17, 15) is 9.59 Å². The Morgan fingerprint density at radius 3 is 2.62 bits per heavy atom. The summed E-state index contributed by atoms with van der Waals surface area (Å²) in [6.07, 6.45) is 1.35. The average molecular weight is 187 g/mol. The molecule has 0 spiro atoms. The van der Waals surface area contributed by atoms with Gasteiger partial charge in [-0.3, -0.25) is 4.79 Å². The molecule has 0 aliphatic rings. The van der Waals surface area contributed by atoms with E-state index in [4.69, 9.17) is 5.11 Å². The first-order valence-corrected chi connectivity index (χ1v) is 4.37. The molecule has 0 aliphatic carbocycles. The maximum atomic E-state index is 10.9. The molecule has 0 aliphatic heterocycles. The number of aliphatic hydroxyl groups is 1. The summed E-state index contributed by atoms with van der Waals surface area (Å²) in [4.78, 5) is 23.2. The van der Waals surface area contributed by atoms with Crippen molar-refractivity contribution < 1.29 is 14.7 Å². The van der Waals surface area contributed by atoms with Crippen molar-refractivity contribution in [3.63, 3.8) is 0 Å². The fourth-order valence-electron chi connectivity index (χ4n) is 1.04. The quantitative estimate of drug-likeness (QED) is 0.439. The fraction of sp³-hybridized carbons (Fsp3) is 0.778. The van der Waals surface area contributed by atoms with E-state index in [1.165, 1.54) is 6.92 Å². The van der Waals surface area contributed by atoms with E-state index in [0.29, 0.717) is 25.8 Å². The SMILES string of the molecule is CC(=O)C(C=O)CN(C)CCCO. The molecule has 0 aromatic rings. The van der Waals surface area contributed by atoms with Crippen LogP contribution in [0, 0.1) is 5.92 Å². The maximum Gasteiger partial charge on any atom is 0.141 e. The predicted molar refractivity (Wildman–Crippen MR) is 49.4 cm³/mol. The van der Waals surface area contributed by atoms with Gasteiger partial charge in [0.15, 0.2) is 0 Å². The summed E-state index contributed by atoms with van der Waals surface area (Å²) in [7, 11) is 1.83. The molecule has 0 amide bonds. The highest BCUT2D eigenvalue weighted by Crippen LogP contribution is 1.98. The van der Waals surface area contributed by atoms with Crippen molar-refractivity contribution >= 4 is 12.1 Å². The smallest absolute Gasteiger partial charge is 0.141 e. The van der Waals surface area contributed by atoms with Crippen LogP contribution in [0.5, 0.6) is 0 Å². The third-order valence-electron chi connectivity index (χ3n) is 1.89. The summed E-state index contributed by atoms with van der Waals surface area (Å²) < 4.78 is 0. The summed E-state index contributed by atoms with van der Waals surface area (Å²) in [5.41, 5.74) is 0. The Kier molecular flexibility index (Phi) is 6.36. The maximum absolute atomic E-state index is 10.9. The van der Waals surface area contributed by atoms with Gasteiger partial charge in [0.05, 0.1) is 5.92 Å². The van der Waals surface area contributed by atoms with E-state index in [2.05, 4.69) is 0 Å². The predicted octanol–water partition coefficient (Wildman–Crippen LogP) is -0.295. The highest BCUT2D eigenvalue weighted by atomic mass is 16.3. The summed E-state index contributed by atoms with van der Waals surface area (Å²) in [5, 5.41) is 8.55. The minimum absolute atomic E-state index is 0.106. The van der Waals surface area contributed by atoms with E-state index in [1.54, 1.807) is 0 Å². The van der Waals surface area contributed by atoms with Crippen molar-refractivity contribution in [3.8, 4) is 0 Å². The van der Waals surface area contributed by atoms with Crippen molar-refractivity contribution in [2.75, 3.05) is 26.7 Å². The van der Waals surface area contributed by atoms with Gasteiger partial charge in [0.25, 0.3) is 0 Å². The molecule has 1 N–H and O–H groups in total. The van der Waals surface area contributed by atoms with Crippen LogP contribution in [-0.2, 0) is 9.59 Å². The number of hydrogen-bond donors (Lipinski definition) is 1. The molecule has 1 atom stereocenters. The van der Waals surface area contributed by atoms with Crippen molar-refractivity contribution in [2.24, 2.45) is 5.92 Å². The van der Waals surface area contributed by atoms with Gasteiger partial charge in [0.1, 0.15) is 12.1 Å². The van der Waals surface area contributed by atoms with E-state index in [-0.39, 0.29) is 12.4 Å². The summed E-state index contributed by atoms with van der Waals surface area (Å²) >= 11 is 0. The molecule has 4 nitrogen and oxygen atoms in total. The molecule has 0 aromatic carbocycles. The molecule has 0 radical (unpaired) electrons. The lowest BCUT2D eigenvalue weighted by Gasteiger charge is -2.18. The number of rotatable bonds is 7. The Morgan fingerprint density at radius 1 is 1.62 bits per heavy atom. The van der Waals surface area contributed by atoms with E-state index in [1.807, 2.05) is 11.9 Å². The fourth-order valence-corrected chi connectivity index (χ4v) is 1.04. The zero-order chi connectivity index (χ0) is 10.3. The number of aldehydes is 1. The first-order chi connectivity index (χ1) is 6.11. The number of aliphatic hydroxyl groups excluding tert-OH is 1. The largest absolute Gasteiger partial charge is 0.396 e. The second kappa shape index (κ2) is 6.74. The third kappa shape index (κ3) is 5.49. The summed E-state index contributed by atoms with van der Waals surface area (Å²) in [6, 6.07) is 0. The van der Waals surface area contributed by atoms with Gasteiger partial charge < -0.3 is 14.8 Å². The Bertz CT molecular complexity index is 170. The van der Waals surface area contributed by atoms with E-state index < -0.39 is 5.92 Å². The summed E-state index contributed by atoms with van der Waals surface area (Å²) in [6.45, 7) is 2.70. The number of carbonyl (C=O) groups is 2. The molecule has 4 heteroatoms. The Balaban J connectivity index is 3.79. The monoisotopic (exact) mass is 187 g/mol. The molecule has 0 heterocycles. The van der Waals surface area contributed by atoms with Gasteiger partial charge >= 0.3 is 0 Å². The molecule has 76 valence electrons. The zero-order valence-electron chi connectivity index (χ0n) is 8.19. The molecular formula is C9H17NO3. The molecule has 0 fully saturated rings. The first kappa shape index (κ1) is 12.3. The molecule has 1 unspecified atom stereocenters. The van der Waals surface area contributed by atoms with Crippen LogP contribution in [0.4, 0.5) is 0 Å². The van der Waals surface area contributed by atoms with Crippen molar-refractivity contribution in [3.05, 3.63) is 0 Å². The minimum Gasteiger partial charge on any atom is -0.396 e. The Labute approximate surface area is 78.5 Å². The Morgan fingerprint density at radius 2 is 2.23 bits per heavy atom. The lowest BCUT2D eigenvalue weighted by Crippen LogP contribution is -2.31. The molecule has 0 rings (SSSR count). The van der Waals surface area contributed by atoms with Gasteiger partial charge in [-0.25, -0.2) is 0 Å². The topological polar surface area (TPSA) is 57.6 Å². The van der Waals surface area contributed by atoms with Crippen LogP contribution < -0.4 is 0 Å². The number of carbonyl (C=O) groups excluding carboxylic acids is 2. The van der Waals surface area contributed by atoms with E-state index >= 15 is 0 Å². The minimum atomic E-state index is -0.524. The summed E-state index contributed by atoms with van der Waals surface area (Å²) in [5.74, 6) is -0.630. The molecule has 13 heavy (non-hydrogen) atoms. The van der Waals surface area contributed by atoms with Crippen LogP contribution in [0.15, 0.2) is 0 Å². The Hall–Kier alpha value is -0.740. The highest BCUT2D eigenvalue weighted by molar-refractivity contribution is 5.91. The number of Topliss-reactive ketones (excluding diaryl/α,β-unsaturated/α-hetero) is 1. The van der Waals surface area contributed by atoms with E-state index in [0.717, 1.165) is 0 Å². The van der Waals surface area contributed by atoms with Crippen molar-refractivity contribution in [1.82, 2.24) is 4.90 Å². The number of hydrogen-bond acceptors (Lipinski definition) is 4. The van der Waals surface area contributed by atoms with Gasteiger partial charge in [-0.15, -0.1) is 0 Å². The zero-order valence-corrected chi connectivity index (χ0v) is 8.19. The van der Waals surface area contributed by atoms with Gasteiger partial charge in [-0.05, 0) is 20.4 Å². The lowest BCUT2D eigenvalue weighted by atomic mass is 10.1. The molecule has 0 bridgehead atoms. The molecular weight excluding hydrogens is 170 g/mol. The number of ketones is 1. The van der Waals surface area contributed by atoms with Crippen LogP contribution in [0.25, 0.3) is 0 Å². The van der Waals surface area contributed by atoms with Crippen LogP contribution in [0.3, 0.4) is 0 Å². The first-order valence-electron chi connectivity index (χ1n) is 4.37. The van der Waals surface area contributed by atoms with Gasteiger partial charge in [-0.2, -0.15) is 0 Å². The van der Waals surface area contributed by atoms with Crippen LogP contribution >= 0.6 is 0 Å². The van der Waals surface area contributed by atoms with Gasteiger partial charge in [0.2, 0.25) is 0 Å². The molecule has 0 saturated heterocycles. The highest BCUT2D eigenvalue weighted by Gasteiger charge is 2.14. The van der Waals surface area contributed by atoms with Crippen molar-refractivity contribution in [1.29, 1.82) is 0 Å².